The van der Waals surface area contributed by atoms with Gasteiger partial charge in [-0.15, -0.1) is 4.91 Å². The van der Waals surface area contributed by atoms with Crippen LogP contribution in [0.1, 0.15) is 32.8 Å². The van der Waals surface area contributed by atoms with Gasteiger partial charge in [-0.3, -0.25) is 0 Å². The normalized spacial score (nSPS) is 14.9. The first-order valence-electron chi connectivity index (χ1n) is 7.64. The van der Waals surface area contributed by atoms with E-state index in [1.54, 1.807) is 31.7 Å². The number of methoxy groups -OCH3 is 1. The largest absolute Gasteiger partial charge is 0.496 e. The Morgan fingerprint density at radius 1 is 1.33 bits per heavy atom. The van der Waals surface area contributed by atoms with Crippen molar-refractivity contribution in [3.05, 3.63) is 34.5 Å². The minimum Gasteiger partial charge on any atom is -0.496 e. The Kier molecular flexibility index (Phi) is 5.21. The molecule has 0 aliphatic carbocycles. The molecule has 2 rings (SSSR count). The van der Waals surface area contributed by atoms with E-state index in [1.807, 2.05) is 0 Å². The molecule has 0 atom stereocenters. The second kappa shape index (κ2) is 6.98. The summed E-state index contributed by atoms with van der Waals surface area (Å²) in [7, 11) is 1.43. The van der Waals surface area contributed by atoms with Crippen molar-refractivity contribution in [3.63, 3.8) is 0 Å². The molecule has 7 heteroatoms. The minimum absolute atomic E-state index is 0.221. The Balaban J connectivity index is 2.24. The Bertz CT molecular complexity index is 680. The number of nitrogens with zero attached hydrogens (tertiary/aromatic N) is 2. The van der Waals surface area contributed by atoms with E-state index in [1.165, 1.54) is 19.2 Å². The molecule has 1 aliphatic rings. The van der Waals surface area contributed by atoms with Crippen LogP contribution in [0.15, 0.2) is 23.4 Å². The van der Waals surface area contributed by atoms with Gasteiger partial charge in [-0.2, -0.15) is 0 Å². The minimum atomic E-state index is -0.707. The van der Waals surface area contributed by atoms with E-state index < -0.39 is 17.5 Å². The summed E-state index contributed by atoms with van der Waals surface area (Å²) >= 11 is 0. The summed E-state index contributed by atoms with van der Waals surface area (Å²) in [6.07, 6.45) is 1.76. The SMILES string of the molecule is COc1ccc(N=O)c(F)c1C1=CCN(C(=O)OC(C)(C)C)CC1. The van der Waals surface area contributed by atoms with Crippen LogP contribution in [-0.2, 0) is 4.74 Å². The van der Waals surface area contributed by atoms with Gasteiger partial charge in [0, 0.05) is 13.1 Å². The number of amides is 1. The quantitative estimate of drug-likeness (QED) is 0.774. The fourth-order valence-corrected chi connectivity index (χ4v) is 2.48. The van der Waals surface area contributed by atoms with Crippen LogP contribution in [0.3, 0.4) is 0 Å². The van der Waals surface area contributed by atoms with E-state index in [4.69, 9.17) is 9.47 Å². The molecule has 0 saturated heterocycles. The highest BCUT2D eigenvalue weighted by Gasteiger charge is 2.26. The lowest BCUT2D eigenvalue weighted by Crippen LogP contribution is -2.39. The molecule has 0 saturated carbocycles. The molecule has 0 spiro atoms. The molecule has 0 unspecified atom stereocenters. The van der Waals surface area contributed by atoms with Crippen LogP contribution in [0.4, 0.5) is 14.9 Å². The molecule has 0 radical (unpaired) electrons. The lowest BCUT2D eigenvalue weighted by atomic mass is 9.97. The van der Waals surface area contributed by atoms with Crippen LogP contribution in [-0.4, -0.2) is 36.8 Å². The van der Waals surface area contributed by atoms with Gasteiger partial charge in [-0.25, -0.2) is 9.18 Å². The number of nitroso groups, excluding NO2 is 1. The summed E-state index contributed by atoms with van der Waals surface area (Å²) in [6, 6.07) is 2.79. The van der Waals surface area contributed by atoms with E-state index in [0.29, 0.717) is 30.8 Å². The molecule has 0 fully saturated rings. The van der Waals surface area contributed by atoms with Crippen LogP contribution in [0.25, 0.3) is 5.57 Å². The van der Waals surface area contributed by atoms with Crippen molar-refractivity contribution >= 4 is 17.4 Å². The van der Waals surface area contributed by atoms with Crippen molar-refractivity contribution in [1.29, 1.82) is 0 Å². The number of carbonyl (C=O) groups is 1. The van der Waals surface area contributed by atoms with Crippen molar-refractivity contribution in [1.82, 2.24) is 4.90 Å². The zero-order valence-corrected chi connectivity index (χ0v) is 14.3. The second-order valence-corrected chi connectivity index (χ2v) is 6.47. The molecule has 1 aromatic carbocycles. The van der Waals surface area contributed by atoms with E-state index in [-0.39, 0.29) is 11.3 Å². The van der Waals surface area contributed by atoms with Gasteiger partial charge < -0.3 is 14.4 Å². The van der Waals surface area contributed by atoms with Gasteiger partial charge in [-0.05, 0) is 50.1 Å². The van der Waals surface area contributed by atoms with Gasteiger partial charge >= 0.3 is 6.09 Å². The summed E-state index contributed by atoms with van der Waals surface area (Å²) in [6.45, 7) is 6.09. The molecule has 6 nitrogen and oxygen atoms in total. The van der Waals surface area contributed by atoms with Crippen LogP contribution in [0, 0.1) is 10.7 Å². The highest BCUT2D eigenvalue weighted by atomic mass is 19.1. The van der Waals surface area contributed by atoms with Crippen molar-refractivity contribution in [2.75, 3.05) is 20.2 Å². The zero-order chi connectivity index (χ0) is 17.9. The lowest BCUT2D eigenvalue weighted by molar-refractivity contribution is 0.0270. The standard InChI is InChI=1S/C17H21FN2O4/c1-17(2,3)24-16(21)20-9-7-11(8-10-20)14-13(23-4)6-5-12(19-22)15(14)18/h5-7H,8-10H2,1-4H3. The average Bonchev–Trinajstić information content (AvgIpc) is 2.53. The number of rotatable bonds is 3. The molecule has 0 N–H and O–H groups in total. The summed E-state index contributed by atoms with van der Waals surface area (Å²) in [5.74, 6) is -0.377. The molecule has 1 amide bonds. The van der Waals surface area contributed by atoms with Crippen LogP contribution < -0.4 is 4.74 Å². The van der Waals surface area contributed by atoms with Crippen molar-refractivity contribution < 1.29 is 18.7 Å². The van der Waals surface area contributed by atoms with Gasteiger partial charge in [0.2, 0.25) is 0 Å². The Morgan fingerprint density at radius 2 is 2.04 bits per heavy atom. The summed E-state index contributed by atoms with van der Waals surface area (Å²) in [4.78, 5) is 24.3. The Hall–Kier alpha value is -2.44. The number of carbonyl (C=O) groups excluding carboxylic acids is 1. The summed E-state index contributed by atoms with van der Waals surface area (Å²) in [5, 5.41) is 2.69. The van der Waals surface area contributed by atoms with Gasteiger partial charge in [0.1, 0.15) is 17.0 Å². The monoisotopic (exact) mass is 336 g/mol. The number of hydrogen-bond donors (Lipinski definition) is 0. The van der Waals surface area contributed by atoms with Crippen molar-refractivity contribution in [2.45, 2.75) is 32.8 Å². The topological polar surface area (TPSA) is 68.2 Å². The summed E-state index contributed by atoms with van der Waals surface area (Å²) in [5.41, 5.74) is 0.0646. The van der Waals surface area contributed by atoms with Crippen LogP contribution >= 0.6 is 0 Å². The molecule has 0 bridgehead atoms. The first kappa shape index (κ1) is 17.9. The third-order valence-corrected chi connectivity index (χ3v) is 3.58. The second-order valence-electron chi connectivity index (χ2n) is 6.47. The number of hydrogen-bond acceptors (Lipinski definition) is 5. The highest BCUT2D eigenvalue weighted by Crippen LogP contribution is 2.36. The average molecular weight is 336 g/mol. The van der Waals surface area contributed by atoms with Gasteiger partial charge in [0.15, 0.2) is 5.82 Å². The molecule has 1 heterocycles. The highest BCUT2D eigenvalue weighted by molar-refractivity contribution is 5.77. The molecular formula is C17H21FN2O4. The first-order chi connectivity index (χ1) is 11.3. The van der Waals surface area contributed by atoms with Crippen LogP contribution in [0.2, 0.25) is 0 Å². The predicted octanol–water partition coefficient (Wildman–Crippen LogP) is 4.26. The zero-order valence-electron chi connectivity index (χ0n) is 14.3. The van der Waals surface area contributed by atoms with E-state index in [0.717, 1.165) is 0 Å². The third kappa shape index (κ3) is 3.90. The molecule has 1 aliphatic heterocycles. The maximum atomic E-state index is 14.5. The lowest BCUT2D eigenvalue weighted by Gasteiger charge is -2.30. The molecular weight excluding hydrogens is 315 g/mol. The molecule has 130 valence electrons. The first-order valence-corrected chi connectivity index (χ1v) is 7.64. The summed E-state index contributed by atoms with van der Waals surface area (Å²) < 4.78 is 25.0. The van der Waals surface area contributed by atoms with Crippen molar-refractivity contribution in [2.24, 2.45) is 5.18 Å². The maximum Gasteiger partial charge on any atom is 0.410 e. The van der Waals surface area contributed by atoms with Crippen molar-refractivity contribution in [3.8, 4) is 5.75 Å². The number of ether oxygens (including phenoxy) is 2. The van der Waals surface area contributed by atoms with Gasteiger partial charge in [0.05, 0.1) is 12.7 Å². The fraction of sp³-hybridized carbons (Fsp3) is 0.471. The maximum absolute atomic E-state index is 14.5. The van der Waals surface area contributed by atoms with E-state index in [9.17, 15) is 14.1 Å². The Morgan fingerprint density at radius 3 is 2.54 bits per heavy atom. The van der Waals surface area contributed by atoms with E-state index >= 15 is 0 Å². The number of benzene rings is 1. The molecule has 24 heavy (non-hydrogen) atoms. The van der Waals surface area contributed by atoms with Gasteiger partial charge in [-0.1, -0.05) is 6.08 Å². The smallest absolute Gasteiger partial charge is 0.410 e. The molecule has 1 aromatic rings. The third-order valence-electron chi connectivity index (χ3n) is 3.58. The Labute approximate surface area is 140 Å². The van der Waals surface area contributed by atoms with Gasteiger partial charge in [0.25, 0.3) is 0 Å². The predicted molar refractivity (Wildman–Crippen MR) is 88.8 cm³/mol. The number of halogens is 1. The van der Waals surface area contributed by atoms with Crippen LogP contribution in [0.5, 0.6) is 5.75 Å². The molecule has 0 aromatic heterocycles. The fourth-order valence-electron chi connectivity index (χ4n) is 2.48. The van der Waals surface area contributed by atoms with E-state index in [2.05, 4.69) is 5.18 Å².